The fraction of sp³-hybridized carbons (Fsp3) is 0.263. The summed E-state index contributed by atoms with van der Waals surface area (Å²) in [5.41, 5.74) is 7.51. The number of aryl methyl sites for hydroxylation is 1. The second-order valence-electron chi connectivity index (χ2n) is 4.79. The highest BCUT2D eigenvalue weighted by molar-refractivity contribution is 5.48. The van der Waals surface area contributed by atoms with E-state index in [4.69, 9.17) is 16.9 Å². The van der Waals surface area contributed by atoms with Gasteiger partial charge in [0, 0.05) is 24.9 Å². The molecule has 2 rings (SSSR count). The lowest BCUT2D eigenvalue weighted by atomic mass is 10.2. The number of anilines is 1. The third-order valence-electron chi connectivity index (χ3n) is 2.91. The Morgan fingerprint density at radius 1 is 1.45 bits per heavy atom. The van der Waals surface area contributed by atoms with Gasteiger partial charge in [-0.3, -0.25) is 0 Å². The Hall–Kier alpha value is -2.60. The molecule has 0 saturated carbocycles. The van der Waals surface area contributed by atoms with E-state index in [2.05, 4.69) is 16.9 Å². The quantitative estimate of drug-likeness (QED) is 0.670. The maximum atomic E-state index is 5.84. The van der Waals surface area contributed by atoms with Gasteiger partial charge in [0.1, 0.15) is 11.5 Å². The maximum absolute atomic E-state index is 5.84. The van der Waals surface area contributed by atoms with Crippen LogP contribution < -0.4 is 10.5 Å². The largest absolute Gasteiger partial charge is 0.457 e. The van der Waals surface area contributed by atoms with Crippen LogP contribution >= 0.6 is 0 Å². The van der Waals surface area contributed by atoms with Crippen molar-refractivity contribution < 1.29 is 4.74 Å². The topological polar surface area (TPSA) is 38.5 Å². The van der Waals surface area contributed by atoms with Gasteiger partial charge < -0.3 is 15.4 Å². The fourth-order valence-corrected chi connectivity index (χ4v) is 1.79. The van der Waals surface area contributed by atoms with Crippen LogP contribution in [-0.4, -0.2) is 11.4 Å². The van der Waals surface area contributed by atoms with Crippen LogP contribution in [0.5, 0.6) is 5.75 Å². The van der Waals surface area contributed by atoms with E-state index in [9.17, 15) is 0 Å². The molecule has 0 aromatic heterocycles. The molecule has 1 aromatic rings. The summed E-state index contributed by atoms with van der Waals surface area (Å²) in [6.45, 7) is 6.76. The minimum absolute atomic E-state index is 0.757. The molecule has 0 bridgehead atoms. The smallest absolute Gasteiger partial charge is 0.130 e. The first kappa shape index (κ1) is 17.5. The van der Waals surface area contributed by atoms with E-state index in [1.165, 1.54) is 0 Å². The highest BCUT2D eigenvalue weighted by Crippen LogP contribution is 2.23. The highest BCUT2D eigenvalue weighted by Gasteiger charge is 2.06. The van der Waals surface area contributed by atoms with Crippen molar-refractivity contribution in [2.45, 2.75) is 27.2 Å². The van der Waals surface area contributed by atoms with Crippen LogP contribution in [0.2, 0.25) is 0 Å². The van der Waals surface area contributed by atoms with Crippen molar-refractivity contribution in [3.63, 3.8) is 0 Å². The average Bonchev–Trinajstić information content (AvgIpc) is 2.52. The Balaban J connectivity index is 0.000000541. The summed E-state index contributed by atoms with van der Waals surface area (Å²) in [5, 5.41) is 0. The third kappa shape index (κ3) is 5.80. The molecule has 116 valence electrons. The van der Waals surface area contributed by atoms with E-state index in [-0.39, 0.29) is 0 Å². The normalized spacial score (nSPS) is 13.2. The van der Waals surface area contributed by atoms with Crippen LogP contribution in [0.15, 0.2) is 54.6 Å². The van der Waals surface area contributed by atoms with Gasteiger partial charge in [0.05, 0.1) is 0 Å². The van der Waals surface area contributed by atoms with Gasteiger partial charge in [-0.25, -0.2) is 0 Å². The molecule has 1 aliphatic rings. The predicted octanol–water partition coefficient (Wildman–Crippen LogP) is 4.23. The van der Waals surface area contributed by atoms with Crippen molar-refractivity contribution in [3.8, 4) is 18.1 Å². The van der Waals surface area contributed by atoms with Crippen molar-refractivity contribution in [2.75, 3.05) is 12.3 Å². The van der Waals surface area contributed by atoms with Crippen LogP contribution in [0.25, 0.3) is 0 Å². The second-order valence-corrected chi connectivity index (χ2v) is 4.79. The Labute approximate surface area is 133 Å². The number of nitrogens with zero attached hydrogens (tertiary/aromatic N) is 1. The van der Waals surface area contributed by atoms with Gasteiger partial charge in [-0.05, 0) is 56.0 Å². The Bertz CT molecular complexity index is 606. The zero-order chi connectivity index (χ0) is 16.4. The van der Waals surface area contributed by atoms with E-state index in [0.717, 1.165) is 35.7 Å². The lowest BCUT2D eigenvalue weighted by Gasteiger charge is -2.19. The molecule has 1 aromatic carbocycles. The molecule has 1 aliphatic heterocycles. The Morgan fingerprint density at radius 2 is 2.18 bits per heavy atom. The van der Waals surface area contributed by atoms with Gasteiger partial charge in [0.2, 0.25) is 0 Å². The molecule has 22 heavy (non-hydrogen) atoms. The molecule has 0 fully saturated rings. The molecule has 0 aliphatic carbocycles. The summed E-state index contributed by atoms with van der Waals surface area (Å²) < 4.78 is 5.84. The van der Waals surface area contributed by atoms with E-state index in [1.807, 2.05) is 63.5 Å². The van der Waals surface area contributed by atoms with Crippen molar-refractivity contribution >= 4 is 5.69 Å². The van der Waals surface area contributed by atoms with Crippen molar-refractivity contribution in [1.82, 2.24) is 4.90 Å². The molecule has 2 N–H and O–H groups in total. The predicted molar refractivity (Wildman–Crippen MR) is 94.1 cm³/mol. The second kappa shape index (κ2) is 9.36. The SMILES string of the molecule is C#CCC.C/C=C\N1C=CC(Oc2ccc(N)cc2C)=CC1. The molecular weight excluding hydrogens is 272 g/mol. The van der Waals surface area contributed by atoms with Gasteiger partial charge in [-0.15, -0.1) is 12.3 Å². The van der Waals surface area contributed by atoms with Gasteiger partial charge in [-0.1, -0.05) is 13.0 Å². The Morgan fingerprint density at radius 3 is 2.68 bits per heavy atom. The van der Waals surface area contributed by atoms with E-state index < -0.39 is 0 Å². The molecule has 0 unspecified atom stereocenters. The number of terminal acetylenes is 1. The van der Waals surface area contributed by atoms with Crippen LogP contribution in [0.3, 0.4) is 0 Å². The summed E-state index contributed by atoms with van der Waals surface area (Å²) in [6.07, 6.45) is 15.7. The molecule has 0 atom stereocenters. The van der Waals surface area contributed by atoms with Gasteiger partial charge in [0.25, 0.3) is 0 Å². The zero-order valence-electron chi connectivity index (χ0n) is 13.5. The monoisotopic (exact) mass is 296 g/mol. The molecule has 0 radical (unpaired) electrons. The molecule has 3 nitrogen and oxygen atoms in total. The van der Waals surface area contributed by atoms with Gasteiger partial charge >= 0.3 is 0 Å². The number of hydrogen-bond acceptors (Lipinski definition) is 3. The number of nitrogens with two attached hydrogens (primary N) is 1. The summed E-state index contributed by atoms with van der Waals surface area (Å²) in [5.74, 6) is 4.14. The molecule has 0 saturated heterocycles. The van der Waals surface area contributed by atoms with Gasteiger partial charge in [0.15, 0.2) is 0 Å². The lowest BCUT2D eigenvalue weighted by Crippen LogP contribution is -2.14. The molecule has 0 spiro atoms. The van der Waals surface area contributed by atoms with Crippen molar-refractivity contribution in [2.24, 2.45) is 0 Å². The molecular formula is C19H24N2O. The lowest BCUT2D eigenvalue weighted by molar-refractivity contribution is 0.422. The zero-order valence-corrected chi connectivity index (χ0v) is 13.5. The third-order valence-corrected chi connectivity index (χ3v) is 2.91. The van der Waals surface area contributed by atoms with Crippen molar-refractivity contribution in [3.05, 3.63) is 60.1 Å². The van der Waals surface area contributed by atoms with Crippen LogP contribution in [-0.2, 0) is 0 Å². The number of allylic oxidation sites excluding steroid dienone is 2. The highest BCUT2D eigenvalue weighted by atomic mass is 16.5. The van der Waals surface area contributed by atoms with Crippen molar-refractivity contribution in [1.29, 1.82) is 0 Å². The van der Waals surface area contributed by atoms with Crippen LogP contribution in [0, 0.1) is 19.3 Å². The van der Waals surface area contributed by atoms with E-state index in [1.54, 1.807) is 0 Å². The molecule has 3 heteroatoms. The number of ether oxygens (including phenoxy) is 1. The number of nitrogen functional groups attached to an aromatic ring is 1. The summed E-state index contributed by atoms with van der Waals surface area (Å²) in [4.78, 5) is 2.09. The standard InChI is InChI=1S/C15H18N2O.C4H6/c1-3-8-17-9-6-14(7-10-17)18-15-5-4-13(16)11-12(15)2;1-3-4-2/h3-9,11H,10,16H2,1-2H3;1H,4H2,2H3/b8-3-;. The number of rotatable bonds is 3. The minimum atomic E-state index is 0.757. The van der Waals surface area contributed by atoms with Gasteiger partial charge in [-0.2, -0.15) is 0 Å². The number of hydrogen-bond donors (Lipinski definition) is 1. The summed E-state index contributed by atoms with van der Waals surface area (Å²) in [6, 6.07) is 5.66. The van der Waals surface area contributed by atoms with Crippen LogP contribution in [0.4, 0.5) is 5.69 Å². The maximum Gasteiger partial charge on any atom is 0.130 e. The average molecular weight is 296 g/mol. The fourth-order valence-electron chi connectivity index (χ4n) is 1.79. The van der Waals surface area contributed by atoms with E-state index in [0.29, 0.717) is 0 Å². The first-order chi connectivity index (χ1) is 10.6. The van der Waals surface area contributed by atoms with E-state index >= 15 is 0 Å². The summed E-state index contributed by atoms with van der Waals surface area (Å²) in [7, 11) is 0. The van der Waals surface area contributed by atoms with Crippen LogP contribution in [0.1, 0.15) is 25.8 Å². The first-order valence-corrected chi connectivity index (χ1v) is 7.35. The minimum Gasteiger partial charge on any atom is -0.457 e. The number of benzene rings is 1. The molecule has 1 heterocycles. The Kier molecular flexibility index (Phi) is 7.42. The summed E-state index contributed by atoms with van der Waals surface area (Å²) >= 11 is 0. The molecule has 0 amide bonds. The first-order valence-electron chi connectivity index (χ1n) is 7.35.